The van der Waals surface area contributed by atoms with E-state index in [0.717, 1.165) is 11.3 Å². The molecular formula is C18H18N8. The van der Waals surface area contributed by atoms with Gasteiger partial charge in [-0.1, -0.05) is 35.5 Å². The van der Waals surface area contributed by atoms with E-state index >= 15 is 0 Å². The van der Waals surface area contributed by atoms with Gasteiger partial charge in [0.05, 0.1) is 24.5 Å². The molecule has 1 fully saturated rings. The molecule has 1 N–H and O–H groups in total. The second-order valence-electron chi connectivity index (χ2n) is 6.55. The van der Waals surface area contributed by atoms with Crippen molar-refractivity contribution in [2.45, 2.75) is 31.8 Å². The monoisotopic (exact) mass is 346 g/mol. The molecule has 1 aromatic carbocycles. The number of anilines is 2. The predicted octanol–water partition coefficient (Wildman–Crippen LogP) is 2.93. The molecule has 4 aromatic rings. The van der Waals surface area contributed by atoms with E-state index in [1.54, 1.807) is 4.68 Å². The Morgan fingerprint density at radius 1 is 1.12 bits per heavy atom. The normalized spacial score (nSPS) is 14.5. The van der Waals surface area contributed by atoms with Crippen molar-refractivity contribution in [1.29, 1.82) is 0 Å². The minimum Gasteiger partial charge on any atom is -0.336 e. The standard InChI is InChI=1S/C18H18N8/c1-2-5-13(6-3-1)10-26-18-16(23-24-26)17(19-12-20-18)22-14-9-21-25(11-14)15-7-4-8-15/h1-3,5-6,9,11-12,15H,4,7-8,10H2,(H,19,20,22). The second-order valence-corrected chi connectivity index (χ2v) is 6.55. The Kier molecular flexibility index (Phi) is 3.59. The van der Waals surface area contributed by atoms with Crippen LogP contribution in [0.3, 0.4) is 0 Å². The molecule has 0 radical (unpaired) electrons. The fraction of sp³-hybridized carbons (Fsp3) is 0.278. The minimum atomic E-state index is 0.530. The van der Waals surface area contributed by atoms with Crippen molar-refractivity contribution >= 4 is 22.7 Å². The van der Waals surface area contributed by atoms with Gasteiger partial charge in [-0.15, -0.1) is 5.10 Å². The van der Waals surface area contributed by atoms with Gasteiger partial charge in [0, 0.05) is 6.20 Å². The lowest BCUT2D eigenvalue weighted by molar-refractivity contribution is 0.289. The molecule has 8 nitrogen and oxygen atoms in total. The van der Waals surface area contributed by atoms with E-state index in [2.05, 4.69) is 42.8 Å². The van der Waals surface area contributed by atoms with Crippen LogP contribution in [0.25, 0.3) is 11.2 Å². The summed E-state index contributed by atoms with van der Waals surface area (Å²) in [7, 11) is 0. The highest BCUT2D eigenvalue weighted by Crippen LogP contribution is 2.32. The first-order valence-electron chi connectivity index (χ1n) is 8.76. The van der Waals surface area contributed by atoms with E-state index in [-0.39, 0.29) is 0 Å². The van der Waals surface area contributed by atoms with E-state index < -0.39 is 0 Å². The van der Waals surface area contributed by atoms with Crippen LogP contribution in [0.15, 0.2) is 49.1 Å². The average Bonchev–Trinajstić information content (AvgIpc) is 3.23. The van der Waals surface area contributed by atoms with Gasteiger partial charge in [0.1, 0.15) is 6.33 Å². The summed E-state index contributed by atoms with van der Waals surface area (Å²) >= 11 is 0. The van der Waals surface area contributed by atoms with Gasteiger partial charge in [0.2, 0.25) is 0 Å². The lowest BCUT2D eigenvalue weighted by Gasteiger charge is -2.25. The molecule has 0 spiro atoms. The number of nitrogens with one attached hydrogen (secondary N) is 1. The van der Waals surface area contributed by atoms with E-state index in [1.165, 1.54) is 25.6 Å². The first-order valence-corrected chi connectivity index (χ1v) is 8.76. The molecule has 1 saturated carbocycles. The topological polar surface area (TPSA) is 86.3 Å². The fourth-order valence-corrected chi connectivity index (χ4v) is 3.14. The van der Waals surface area contributed by atoms with Crippen molar-refractivity contribution in [2.75, 3.05) is 5.32 Å². The Hall–Kier alpha value is -3.29. The number of benzene rings is 1. The molecule has 0 bridgehead atoms. The summed E-state index contributed by atoms with van der Waals surface area (Å²) in [5.41, 5.74) is 3.40. The Bertz CT molecular complexity index is 1030. The van der Waals surface area contributed by atoms with Crippen molar-refractivity contribution in [3.63, 3.8) is 0 Å². The van der Waals surface area contributed by atoms with Crippen LogP contribution in [0.5, 0.6) is 0 Å². The Labute approximate surface area is 149 Å². The Balaban J connectivity index is 1.42. The van der Waals surface area contributed by atoms with Crippen molar-refractivity contribution in [3.8, 4) is 0 Å². The third kappa shape index (κ3) is 2.69. The third-order valence-electron chi connectivity index (χ3n) is 4.79. The molecule has 1 aliphatic rings. The smallest absolute Gasteiger partial charge is 0.184 e. The van der Waals surface area contributed by atoms with Crippen LogP contribution in [0, 0.1) is 0 Å². The van der Waals surface area contributed by atoms with Gasteiger partial charge < -0.3 is 5.32 Å². The van der Waals surface area contributed by atoms with Gasteiger partial charge in [0.15, 0.2) is 17.0 Å². The highest BCUT2D eigenvalue weighted by molar-refractivity contribution is 5.84. The summed E-state index contributed by atoms with van der Waals surface area (Å²) in [6.07, 6.45) is 9.06. The summed E-state index contributed by atoms with van der Waals surface area (Å²) in [5.74, 6) is 0.641. The minimum absolute atomic E-state index is 0.530. The van der Waals surface area contributed by atoms with E-state index in [9.17, 15) is 0 Å². The lowest BCUT2D eigenvalue weighted by atomic mass is 9.93. The fourth-order valence-electron chi connectivity index (χ4n) is 3.14. The van der Waals surface area contributed by atoms with Crippen LogP contribution in [0.2, 0.25) is 0 Å². The zero-order valence-corrected chi connectivity index (χ0v) is 14.2. The SMILES string of the molecule is c1ccc(Cn2nnc3c(Nc4cnn(C5CCC5)c4)ncnc32)cc1. The first-order chi connectivity index (χ1) is 12.9. The van der Waals surface area contributed by atoms with Gasteiger partial charge >= 0.3 is 0 Å². The number of rotatable bonds is 5. The van der Waals surface area contributed by atoms with Crippen molar-refractivity contribution in [3.05, 3.63) is 54.6 Å². The zero-order chi connectivity index (χ0) is 17.3. The van der Waals surface area contributed by atoms with Gasteiger partial charge in [-0.2, -0.15) is 5.10 Å². The highest BCUT2D eigenvalue weighted by Gasteiger charge is 2.20. The van der Waals surface area contributed by atoms with Crippen LogP contribution in [-0.4, -0.2) is 34.7 Å². The van der Waals surface area contributed by atoms with Gasteiger partial charge in [-0.25, -0.2) is 14.6 Å². The molecule has 0 saturated heterocycles. The van der Waals surface area contributed by atoms with Gasteiger partial charge in [-0.05, 0) is 24.8 Å². The first kappa shape index (κ1) is 15.0. The average molecular weight is 346 g/mol. The molecule has 0 aliphatic heterocycles. The lowest BCUT2D eigenvalue weighted by Crippen LogP contribution is -2.17. The molecular weight excluding hydrogens is 328 g/mol. The highest BCUT2D eigenvalue weighted by atomic mass is 15.4. The van der Waals surface area contributed by atoms with Crippen molar-refractivity contribution in [2.24, 2.45) is 0 Å². The maximum Gasteiger partial charge on any atom is 0.184 e. The number of hydrogen-bond acceptors (Lipinski definition) is 6. The molecule has 1 aliphatic carbocycles. The summed E-state index contributed by atoms with van der Waals surface area (Å²) < 4.78 is 3.81. The number of fused-ring (bicyclic) bond motifs is 1. The molecule has 3 heterocycles. The molecule has 0 unspecified atom stereocenters. The summed E-state index contributed by atoms with van der Waals surface area (Å²) in [6, 6.07) is 10.7. The number of nitrogens with zero attached hydrogens (tertiary/aromatic N) is 7. The van der Waals surface area contributed by atoms with Crippen molar-refractivity contribution < 1.29 is 0 Å². The predicted molar refractivity (Wildman–Crippen MR) is 97.1 cm³/mol. The largest absolute Gasteiger partial charge is 0.336 e. The molecule has 3 aromatic heterocycles. The van der Waals surface area contributed by atoms with Crippen molar-refractivity contribution in [1.82, 2.24) is 34.7 Å². The second kappa shape index (κ2) is 6.21. The number of aromatic nitrogens is 7. The van der Waals surface area contributed by atoms with Crippen LogP contribution in [0.1, 0.15) is 30.9 Å². The Morgan fingerprint density at radius 3 is 2.81 bits per heavy atom. The van der Waals surface area contributed by atoms with Crippen LogP contribution < -0.4 is 5.32 Å². The molecule has 8 heteroatoms. The Morgan fingerprint density at radius 2 is 2.00 bits per heavy atom. The maximum absolute atomic E-state index is 4.44. The summed E-state index contributed by atoms with van der Waals surface area (Å²) in [6.45, 7) is 0.618. The third-order valence-corrected chi connectivity index (χ3v) is 4.79. The summed E-state index contributed by atoms with van der Waals surface area (Å²) in [4.78, 5) is 8.70. The zero-order valence-electron chi connectivity index (χ0n) is 14.2. The van der Waals surface area contributed by atoms with E-state index in [4.69, 9.17) is 0 Å². The van der Waals surface area contributed by atoms with Crippen LogP contribution >= 0.6 is 0 Å². The van der Waals surface area contributed by atoms with Gasteiger partial charge in [0.25, 0.3) is 0 Å². The molecule has 5 rings (SSSR count). The maximum atomic E-state index is 4.44. The molecule has 130 valence electrons. The molecule has 0 atom stereocenters. The number of hydrogen-bond donors (Lipinski definition) is 1. The molecule has 0 amide bonds. The van der Waals surface area contributed by atoms with Crippen LogP contribution in [0.4, 0.5) is 11.5 Å². The summed E-state index contributed by atoms with van der Waals surface area (Å²) in [5, 5.41) is 16.3. The van der Waals surface area contributed by atoms with E-state index in [1.807, 2.05) is 35.3 Å². The quantitative estimate of drug-likeness (QED) is 0.598. The van der Waals surface area contributed by atoms with E-state index in [0.29, 0.717) is 29.6 Å². The van der Waals surface area contributed by atoms with Gasteiger partial charge in [-0.3, -0.25) is 4.68 Å². The molecule has 26 heavy (non-hydrogen) atoms. The van der Waals surface area contributed by atoms with Crippen LogP contribution in [-0.2, 0) is 6.54 Å².